The summed E-state index contributed by atoms with van der Waals surface area (Å²) in [6.45, 7) is 8.15. The van der Waals surface area contributed by atoms with Crippen LogP contribution in [0.5, 0.6) is 0 Å². The van der Waals surface area contributed by atoms with Gasteiger partial charge in [0.05, 0.1) is 13.2 Å². The van der Waals surface area contributed by atoms with Gasteiger partial charge >= 0.3 is 0 Å². The molecule has 13 heavy (non-hydrogen) atoms. The minimum Gasteiger partial charge on any atom is -0.344 e. The highest BCUT2D eigenvalue weighted by Gasteiger charge is 2.43. The Hall–Kier alpha value is -0.340. The molecular weight excluding hydrogens is 164 g/mol. The van der Waals surface area contributed by atoms with E-state index in [9.17, 15) is 0 Å². The quantitative estimate of drug-likeness (QED) is 0.580. The second-order valence-electron chi connectivity index (χ2n) is 4.25. The SMILES string of the molecule is CC1=C(C(C)C)CCC12OCCO2. The zero-order chi connectivity index (χ0) is 9.47. The Morgan fingerprint density at radius 1 is 1.23 bits per heavy atom. The Labute approximate surface area is 79.9 Å². The van der Waals surface area contributed by atoms with Crippen LogP contribution in [0.3, 0.4) is 0 Å². The second kappa shape index (κ2) is 3.10. The number of rotatable bonds is 1. The molecule has 1 heterocycles. The molecule has 0 N–H and O–H groups in total. The van der Waals surface area contributed by atoms with E-state index in [1.165, 1.54) is 11.1 Å². The van der Waals surface area contributed by atoms with Crippen LogP contribution in [-0.2, 0) is 9.47 Å². The molecule has 0 unspecified atom stereocenters. The van der Waals surface area contributed by atoms with E-state index in [2.05, 4.69) is 20.8 Å². The van der Waals surface area contributed by atoms with Crippen molar-refractivity contribution in [2.45, 2.75) is 39.4 Å². The maximum absolute atomic E-state index is 5.71. The molecule has 74 valence electrons. The molecule has 0 atom stereocenters. The standard InChI is InChI=1S/C11H18O2/c1-8(2)10-4-5-11(9(10)3)12-6-7-13-11/h8H,4-7H2,1-3H3. The van der Waals surface area contributed by atoms with Crippen LogP contribution in [0, 0.1) is 5.92 Å². The lowest BCUT2D eigenvalue weighted by molar-refractivity contribution is -0.123. The van der Waals surface area contributed by atoms with Crippen LogP contribution in [0.1, 0.15) is 33.6 Å². The molecular formula is C11H18O2. The summed E-state index contributed by atoms with van der Waals surface area (Å²) in [5, 5.41) is 0. The molecule has 1 fully saturated rings. The number of allylic oxidation sites excluding steroid dienone is 1. The molecule has 1 spiro atoms. The molecule has 2 heteroatoms. The Bertz CT molecular complexity index is 234. The molecule has 1 aliphatic carbocycles. The number of hydrogen-bond acceptors (Lipinski definition) is 2. The maximum Gasteiger partial charge on any atom is 0.191 e. The summed E-state index contributed by atoms with van der Waals surface area (Å²) in [5.74, 6) is 0.312. The van der Waals surface area contributed by atoms with Crippen LogP contribution in [0.2, 0.25) is 0 Å². The number of ether oxygens (including phenoxy) is 2. The van der Waals surface area contributed by atoms with Gasteiger partial charge in [0, 0.05) is 6.42 Å². The van der Waals surface area contributed by atoms with Gasteiger partial charge in [0.2, 0.25) is 0 Å². The first kappa shape index (κ1) is 9.22. The van der Waals surface area contributed by atoms with E-state index in [1.54, 1.807) is 0 Å². The van der Waals surface area contributed by atoms with Gasteiger partial charge in [0.1, 0.15) is 0 Å². The summed E-state index contributed by atoms with van der Waals surface area (Å²) < 4.78 is 11.4. The van der Waals surface area contributed by atoms with E-state index in [4.69, 9.17) is 9.47 Å². The molecule has 2 nitrogen and oxygen atoms in total. The van der Waals surface area contributed by atoms with Gasteiger partial charge < -0.3 is 9.47 Å². The Morgan fingerprint density at radius 2 is 1.85 bits per heavy atom. The van der Waals surface area contributed by atoms with Crippen LogP contribution >= 0.6 is 0 Å². The van der Waals surface area contributed by atoms with Crippen LogP contribution in [0.25, 0.3) is 0 Å². The third kappa shape index (κ3) is 1.32. The maximum atomic E-state index is 5.71. The van der Waals surface area contributed by atoms with Crippen molar-refractivity contribution in [3.8, 4) is 0 Å². The van der Waals surface area contributed by atoms with Gasteiger partial charge in [0.25, 0.3) is 0 Å². The molecule has 0 aromatic carbocycles. The van der Waals surface area contributed by atoms with Crippen LogP contribution in [0.4, 0.5) is 0 Å². The lowest BCUT2D eigenvalue weighted by Gasteiger charge is -2.23. The molecule has 1 saturated heterocycles. The van der Waals surface area contributed by atoms with Crippen molar-refractivity contribution in [1.29, 1.82) is 0 Å². The lowest BCUT2D eigenvalue weighted by atomic mass is 10.00. The van der Waals surface area contributed by atoms with Crippen LogP contribution < -0.4 is 0 Å². The molecule has 1 aliphatic heterocycles. The highest BCUT2D eigenvalue weighted by Crippen LogP contribution is 2.43. The predicted molar refractivity (Wildman–Crippen MR) is 51.4 cm³/mol. The van der Waals surface area contributed by atoms with Gasteiger partial charge in [-0.2, -0.15) is 0 Å². The lowest BCUT2D eigenvalue weighted by Crippen LogP contribution is -2.28. The van der Waals surface area contributed by atoms with E-state index in [-0.39, 0.29) is 5.79 Å². The Balaban J connectivity index is 2.26. The monoisotopic (exact) mass is 182 g/mol. The average molecular weight is 182 g/mol. The van der Waals surface area contributed by atoms with E-state index < -0.39 is 0 Å². The normalized spacial score (nSPS) is 26.8. The van der Waals surface area contributed by atoms with E-state index in [0.717, 1.165) is 26.1 Å². The topological polar surface area (TPSA) is 18.5 Å². The van der Waals surface area contributed by atoms with E-state index >= 15 is 0 Å². The molecule has 0 aromatic rings. The van der Waals surface area contributed by atoms with Crippen molar-refractivity contribution < 1.29 is 9.47 Å². The first-order valence-corrected chi connectivity index (χ1v) is 5.14. The third-order valence-corrected chi connectivity index (χ3v) is 3.23. The zero-order valence-electron chi connectivity index (χ0n) is 8.72. The van der Waals surface area contributed by atoms with Crippen molar-refractivity contribution in [2.24, 2.45) is 5.92 Å². The highest BCUT2D eigenvalue weighted by molar-refractivity contribution is 5.28. The fourth-order valence-electron chi connectivity index (χ4n) is 2.46. The van der Waals surface area contributed by atoms with Gasteiger partial charge in [0.15, 0.2) is 5.79 Å². The van der Waals surface area contributed by atoms with Crippen molar-refractivity contribution in [1.82, 2.24) is 0 Å². The summed E-state index contributed by atoms with van der Waals surface area (Å²) in [7, 11) is 0. The van der Waals surface area contributed by atoms with Crippen molar-refractivity contribution >= 4 is 0 Å². The fraction of sp³-hybridized carbons (Fsp3) is 0.818. The van der Waals surface area contributed by atoms with E-state index in [0.29, 0.717) is 5.92 Å². The van der Waals surface area contributed by atoms with E-state index in [1.807, 2.05) is 0 Å². The minimum atomic E-state index is -0.320. The average Bonchev–Trinajstić information content (AvgIpc) is 2.64. The molecule has 0 aromatic heterocycles. The fourth-order valence-corrected chi connectivity index (χ4v) is 2.46. The number of hydrogen-bond donors (Lipinski definition) is 0. The van der Waals surface area contributed by atoms with Crippen molar-refractivity contribution in [3.63, 3.8) is 0 Å². The Kier molecular flexibility index (Phi) is 2.20. The van der Waals surface area contributed by atoms with Gasteiger partial charge in [-0.25, -0.2) is 0 Å². The van der Waals surface area contributed by atoms with Crippen LogP contribution in [0.15, 0.2) is 11.1 Å². The van der Waals surface area contributed by atoms with Crippen LogP contribution in [-0.4, -0.2) is 19.0 Å². The molecule has 0 radical (unpaired) electrons. The smallest absolute Gasteiger partial charge is 0.191 e. The van der Waals surface area contributed by atoms with Gasteiger partial charge in [-0.3, -0.25) is 0 Å². The summed E-state index contributed by atoms with van der Waals surface area (Å²) in [6.07, 6.45) is 2.16. The zero-order valence-corrected chi connectivity index (χ0v) is 8.72. The van der Waals surface area contributed by atoms with Crippen molar-refractivity contribution in [2.75, 3.05) is 13.2 Å². The molecule has 2 aliphatic rings. The highest BCUT2D eigenvalue weighted by atomic mass is 16.7. The summed E-state index contributed by atoms with van der Waals surface area (Å²) in [6, 6.07) is 0. The predicted octanol–water partition coefficient (Wildman–Crippen LogP) is 2.50. The summed E-state index contributed by atoms with van der Waals surface area (Å²) in [4.78, 5) is 0. The molecule has 0 bridgehead atoms. The largest absolute Gasteiger partial charge is 0.344 e. The minimum absolute atomic E-state index is 0.320. The first-order valence-electron chi connectivity index (χ1n) is 5.14. The third-order valence-electron chi connectivity index (χ3n) is 3.23. The second-order valence-corrected chi connectivity index (χ2v) is 4.25. The summed E-state index contributed by atoms with van der Waals surface area (Å²) in [5.41, 5.74) is 2.86. The molecule has 0 amide bonds. The summed E-state index contributed by atoms with van der Waals surface area (Å²) >= 11 is 0. The Morgan fingerprint density at radius 3 is 2.31 bits per heavy atom. The van der Waals surface area contributed by atoms with Gasteiger partial charge in [-0.05, 0) is 24.8 Å². The van der Waals surface area contributed by atoms with Gasteiger partial charge in [-0.15, -0.1) is 0 Å². The molecule has 0 saturated carbocycles. The van der Waals surface area contributed by atoms with Gasteiger partial charge in [-0.1, -0.05) is 19.4 Å². The first-order chi connectivity index (χ1) is 6.16. The van der Waals surface area contributed by atoms with Crippen molar-refractivity contribution in [3.05, 3.63) is 11.1 Å². The molecule has 2 rings (SSSR count).